The topological polar surface area (TPSA) is 34.1 Å². The van der Waals surface area contributed by atoms with Gasteiger partial charge < -0.3 is 0 Å². The molecule has 0 unspecified atom stereocenters. The molecule has 72 valence electrons. The highest BCUT2D eigenvalue weighted by atomic mass is 16.1. The molecule has 0 amide bonds. The third-order valence-corrected chi connectivity index (χ3v) is 1.26. The molecule has 1 aromatic rings. The summed E-state index contributed by atoms with van der Waals surface area (Å²) in [6.45, 7) is 3.11. The van der Waals surface area contributed by atoms with Crippen LogP contribution in [0.3, 0.4) is 0 Å². The second-order valence-corrected chi connectivity index (χ2v) is 2.28. The first-order chi connectivity index (χ1) is 6.85. The Kier molecular flexibility index (Phi) is 7.85. The smallest absolute Gasteiger partial charge is 0.142 e. The summed E-state index contributed by atoms with van der Waals surface area (Å²) >= 11 is 0. The van der Waals surface area contributed by atoms with Gasteiger partial charge in [0.05, 0.1) is 0 Å². The second-order valence-electron chi connectivity index (χ2n) is 2.28. The predicted octanol–water partition coefficient (Wildman–Crippen LogP) is 2.27. The Morgan fingerprint density at radius 1 is 1.00 bits per heavy atom. The second kappa shape index (κ2) is 9.13. The molecule has 0 spiro atoms. The van der Waals surface area contributed by atoms with E-state index in [-0.39, 0.29) is 0 Å². The molecule has 0 N–H and O–H groups in total. The fraction of sp³-hybridized carbons (Fsp3) is 0. The van der Waals surface area contributed by atoms with E-state index in [0.717, 1.165) is 11.8 Å². The van der Waals surface area contributed by atoms with Gasteiger partial charge in [-0.15, -0.1) is 0 Å². The summed E-state index contributed by atoms with van der Waals surface area (Å²) < 4.78 is 0. The lowest BCUT2D eigenvalue weighted by Gasteiger charge is -1.86. The summed E-state index contributed by atoms with van der Waals surface area (Å²) in [5.74, 6) is 0. The molecule has 0 saturated heterocycles. The molecule has 0 saturated carbocycles. The molecule has 0 aromatic heterocycles. The first kappa shape index (κ1) is 12.0. The molecule has 0 aliphatic rings. The van der Waals surface area contributed by atoms with Crippen LogP contribution in [0.25, 0.3) is 6.08 Å². The predicted molar refractivity (Wildman–Crippen MR) is 57.8 cm³/mol. The number of hydrogen-bond acceptors (Lipinski definition) is 2. The maximum atomic E-state index is 9.89. The highest BCUT2D eigenvalue weighted by molar-refractivity contribution is 5.73. The summed E-state index contributed by atoms with van der Waals surface area (Å²) in [6, 6.07) is 9.70. The quantitative estimate of drug-likeness (QED) is 0.538. The molecule has 0 bridgehead atoms. The first-order valence-corrected chi connectivity index (χ1v) is 4.08. The van der Waals surface area contributed by atoms with Crippen LogP contribution in [0.1, 0.15) is 5.56 Å². The van der Waals surface area contributed by atoms with Crippen molar-refractivity contribution < 1.29 is 9.59 Å². The molecule has 2 heteroatoms. The van der Waals surface area contributed by atoms with Gasteiger partial charge in [-0.3, -0.25) is 9.59 Å². The van der Waals surface area contributed by atoms with Crippen molar-refractivity contribution in [3.05, 3.63) is 54.6 Å². The molecular weight excluding hydrogens is 176 g/mol. The van der Waals surface area contributed by atoms with Crippen molar-refractivity contribution in [1.29, 1.82) is 0 Å². The van der Waals surface area contributed by atoms with Crippen molar-refractivity contribution in [1.82, 2.24) is 0 Å². The third-order valence-electron chi connectivity index (χ3n) is 1.26. The van der Waals surface area contributed by atoms with Crippen LogP contribution in [0.5, 0.6) is 0 Å². The largest absolute Gasteiger partial charge is 0.299 e. The maximum Gasteiger partial charge on any atom is 0.142 e. The molecule has 0 heterocycles. The van der Waals surface area contributed by atoms with E-state index in [9.17, 15) is 4.79 Å². The van der Waals surface area contributed by atoms with Gasteiger partial charge >= 0.3 is 0 Å². The molecule has 0 radical (unpaired) electrons. The molecule has 1 aromatic carbocycles. The van der Waals surface area contributed by atoms with E-state index in [2.05, 4.69) is 6.58 Å². The molecule has 1 rings (SSSR count). The van der Waals surface area contributed by atoms with Crippen LogP contribution in [0.4, 0.5) is 0 Å². The number of hydrogen-bond donors (Lipinski definition) is 0. The number of allylic oxidation sites excluding steroid dienone is 2. The molecule has 2 nitrogen and oxygen atoms in total. The van der Waals surface area contributed by atoms with Gasteiger partial charge in [-0.1, -0.05) is 43.0 Å². The third kappa shape index (κ3) is 6.73. The van der Waals surface area contributed by atoms with Crippen LogP contribution in [-0.2, 0) is 9.59 Å². The average molecular weight is 188 g/mol. The number of benzene rings is 1. The molecule has 0 fully saturated rings. The van der Waals surface area contributed by atoms with Crippen molar-refractivity contribution >= 4 is 18.6 Å². The zero-order chi connectivity index (χ0) is 10.6. The summed E-state index contributed by atoms with van der Waals surface area (Å²) in [5, 5.41) is 0. The summed E-state index contributed by atoms with van der Waals surface area (Å²) in [5.41, 5.74) is 1.05. The molecular formula is C12H12O2. The first-order valence-electron chi connectivity index (χ1n) is 4.08. The van der Waals surface area contributed by atoms with E-state index in [1.54, 1.807) is 6.08 Å². The summed E-state index contributed by atoms with van der Waals surface area (Å²) in [7, 11) is 0. The highest BCUT2D eigenvalue weighted by Gasteiger charge is 1.79. The lowest BCUT2D eigenvalue weighted by Crippen LogP contribution is -1.67. The Morgan fingerprint density at radius 2 is 1.57 bits per heavy atom. The van der Waals surface area contributed by atoms with Gasteiger partial charge in [0.15, 0.2) is 0 Å². The van der Waals surface area contributed by atoms with Crippen molar-refractivity contribution in [2.24, 2.45) is 0 Å². The van der Waals surface area contributed by atoms with Crippen LogP contribution in [0.15, 0.2) is 49.1 Å². The van der Waals surface area contributed by atoms with Crippen molar-refractivity contribution in [3.8, 4) is 0 Å². The molecule has 0 atom stereocenters. The van der Waals surface area contributed by atoms with Crippen LogP contribution in [0.2, 0.25) is 0 Å². The lowest BCUT2D eigenvalue weighted by molar-refractivity contribution is -0.104. The SMILES string of the molecule is C=CC=O.O=CC=Cc1ccccc1. The summed E-state index contributed by atoms with van der Waals surface area (Å²) in [4.78, 5) is 18.9. The van der Waals surface area contributed by atoms with Gasteiger partial charge in [-0.05, 0) is 17.7 Å². The van der Waals surface area contributed by atoms with Gasteiger partial charge in [0.1, 0.15) is 12.6 Å². The molecule has 14 heavy (non-hydrogen) atoms. The standard InChI is InChI=1S/C9H8O.C3H4O/c10-8-4-7-9-5-2-1-3-6-9;1-2-3-4/h1-8H;2-3H,1H2. The fourth-order valence-corrected chi connectivity index (χ4v) is 0.715. The molecule has 0 aliphatic heterocycles. The van der Waals surface area contributed by atoms with Crippen molar-refractivity contribution in [3.63, 3.8) is 0 Å². The fourth-order valence-electron chi connectivity index (χ4n) is 0.715. The minimum Gasteiger partial charge on any atom is -0.299 e. The van der Waals surface area contributed by atoms with Gasteiger partial charge in [-0.25, -0.2) is 0 Å². The van der Waals surface area contributed by atoms with Crippen molar-refractivity contribution in [2.45, 2.75) is 0 Å². The maximum absolute atomic E-state index is 9.89. The van der Waals surface area contributed by atoms with Gasteiger partial charge in [0.25, 0.3) is 0 Å². The Bertz CT molecular complexity index is 293. The Balaban J connectivity index is 0.000000364. The van der Waals surface area contributed by atoms with Crippen molar-refractivity contribution in [2.75, 3.05) is 0 Å². The van der Waals surface area contributed by atoms with E-state index < -0.39 is 0 Å². The van der Waals surface area contributed by atoms with Gasteiger partial charge in [-0.2, -0.15) is 0 Å². The normalized spacial score (nSPS) is 8.57. The zero-order valence-electron chi connectivity index (χ0n) is 7.80. The van der Waals surface area contributed by atoms with E-state index in [4.69, 9.17) is 4.79 Å². The van der Waals surface area contributed by atoms with E-state index in [1.165, 1.54) is 12.2 Å². The Hall–Kier alpha value is -1.96. The van der Waals surface area contributed by atoms with E-state index in [1.807, 2.05) is 30.3 Å². The van der Waals surface area contributed by atoms with E-state index >= 15 is 0 Å². The summed E-state index contributed by atoms with van der Waals surface area (Å²) in [6.07, 6.45) is 5.86. The monoisotopic (exact) mass is 188 g/mol. The number of aldehydes is 2. The minimum atomic E-state index is 0.639. The number of carbonyl (C=O) groups is 2. The lowest BCUT2D eigenvalue weighted by atomic mass is 10.2. The Labute approximate surface area is 83.6 Å². The van der Waals surface area contributed by atoms with Crippen LogP contribution < -0.4 is 0 Å². The van der Waals surface area contributed by atoms with Crippen LogP contribution in [-0.4, -0.2) is 12.6 Å². The molecule has 0 aliphatic carbocycles. The van der Waals surface area contributed by atoms with Crippen LogP contribution in [0, 0.1) is 0 Å². The highest BCUT2D eigenvalue weighted by Crippen LogP contribution is 1.99. The van der Waals surface area contributed by atoms with Gasteiger partial charge in [0.2, 0.25) is 0 Å². The minimum absolute atomic E-state index is 0.639. The number of carbonyl (C=O) groups excluding carboxylic acids is 2. The zero-order valence-corrected chi connectivity index (χ0v) is 7.80. The van der Waals surface area contributed by atoms with Gasteiger partial charge in [0, 0.05) is 0 Å². The Morgan fingerprint density at radius 3 is 2.00 bits per heavy atom. The van der Waals surface area contributed by atoms with E-state index in [0.29, 0.717) is 6.29 Å². The number of rotatable bonds is 3. The van der Waals surface area contributed by atoms with Crippen LogP contribution >= 0.6 is 0 Å². The average Bonchev–Trinajstić information content (AvgIpc) is 2.28.